The van der Waals surface area contributed by atoms with Crippen LogP contribution in [0.1, 0.15) is 29.5 Å². The fourth-order valence-corrected chi connectivity index (χ4v) is 4.17. The van der Waals surface area contributed by atoms with Crippen molar-refractivity contribution in [1.82, 2.24) is 9.78 Å². The van der Waals surface area contributed by atoms with Gasteiger partial charge in [0.15, 0.2) is 0 Å². The molecule has 0 saturated carbocycles. The van der Waals surface area contributed by atoms with Crippen molar-refractivity contribution in [1.29, 1.82) is 0 Å². The van der Waals surface area contributed by atoms with Gasteiger partial charge in [0.2, 0.25) is 0 Å². The topological polar surface area (TPSA) is 39.1 Å². The fourth-order valence-electron chi connectivity index (χ4n) is 4.17. The van der Waals surface area contributed by atoms with Gasteiger partial charge in [-0.15, -0.1) is 0 Å². The normalized spacial score (nSPS) is 13.2. The Labute approximate surface area is 183 Å². The van der Waals surface area contributed by atoms with Gasteiger partial charge >= 0.3 is 0 Å². The van der Waals surface area contributed by atoms with E-state index < -0.39 is 0 Å². The first-order valence-corrected chi connectivity index (χ1v) is 11.0. The number of aromatic nitrogens is 2. The molecule has 1 N–H and O–H groups in total. The number of anilines is 1. The molecule has 3 aromatic carbocycles. The van der Waals surface area contributed by atoms with E-state index in [2.05, 4.69) is 65.5 Å². The van der Waals surface area contributed by atoms with Crippen LogP contribution in [0.25, 0.3) is 16.9 Å². The Morgan fingerprint density at radius 1 is 0.903 bits per heavy atom. The zero-order chi connectivity index (χ0) is 21.0. The monoisotopic (exact) mass is 409 g/mol. The summed E-state index contributed by atoms with van der Waals surface area (Å²) >= 11 is 0. The van der Waals surface area contributed by atoms with Crippen molar-refractivity contribution < 1.29 is 4.74 Å². The van der Waals surface area contributed by atoms with Gasteiger partial charge in [-0.2, -0.15) is 5.10 Å². The van der Waals surface area contributed by atoms with Crippen LogP contribution in [0.2, 0.25) is 0 Å². The standard InChI is InChI=1S/C27H27N3O/c1-20-9-5-6-12-24(20)26-25-13-7-8-18-28-27(25)30(29-26)22-14-16-23(17-15-22)31-19-21-10-3-2-4-11-21/h2-6,9-12,14-17,28H,7-8,13,18-19H2,1H3. The van der Waals surface area contributed by atoms with Crippen molar-refractivity contribution in [3.8, 4) is 22.7 Å². The number of fused-ring (bicyclic) bond motifs is 1. The van der Waals surface area contributed by atoms with E-state index in [0.717, 1.165) is 41.5 Å². The first-order chi connectivity index (χ1) is 15.3. The predicted octanol–water partition coefficient (Wildman–Crippen LogP) is 6.17. The maximum Gasteiger partial charge on any atom is 0.133 e. The molecule has 4 aromatic rings. The van der Waals surface area contributed by atoms with Crippen molar-refractivity contribution in [2.75, 3.05) is 11.9 Å². The Morgan fingerprint density at radius 3 is 2.48 bits per heavy atom. The van der Waals surface area contributed by atoms with Gasteiger partial charge in [0.25, 0.3) is 0 Å². The van der Waals surface area contributed by atoms with Crippen LogP contribution in [0, 0.1) is 6.92 Å². The quantitative estimate of drug-likeness (QED) is 0.428. The summed E-state index contributed by atoms with van der Waals surface area (Å²) in [5.41, 5.74) is 7.07. The Balaban J connectivity index is 1.46. The molecule has 0 fully saturated rings. The molecule has 4 nitrogen and oxygen atoms in total. The van der Waals surface area contributed by atoms with Gasteiger partial charge in [0.1, 0.15) is 18.2 Å². The maximum absolute atomic E-state index is 5.96. The van der Waals surface area contributed by atoms with Gasteiger partial charge in [-0.05, 0) is 61.6 Å². The van der Waals surface area contributed by atoms with Gasteiger partial charge in [0, 0.05) is 17.7 Å². The van der Waals surface area contributed by atoms with Crippen LogP contribution >= 0.6 is 0 Å². The molecule has 1 aliphatic heterocycles. The lowest BCUT2D eigenvalue weighted by Crippen LogP contribution is -2.07. The molecule has 0 atom stereocenters. The molecule has 5 rings (SSSR count). The lowest BCUT2D eigenvalue weighted by atomic mass is 10.00. The molecule has 0 unspecified atom stereocenters. The highest BCUT2D eigenvalue weighted by atomic mass is 16.5. The Hall–Kier alpha value is -3.53. The average Bonchev–Trinajstić information content (AvgIpc) is 2.99. The minimum Gasteiger partial charge on any atom is -0.489 e. The van der Waals surface area contributed by atoms with Crippen LogP contribution in [0.3, 0.4) is 0 Å². The van der Waals surface area contributed by atoms with Crippen LogP contribution in [0.5, 0.6) is 5.75 Å². The lowest BCUT2D eigenvalue weighted by molar-refractivity contribution is 0.306. The molecule has 0 saturated heterocycles. The predicted molar refractivity (Wildman–Crippen MR) is 126 cm³/mol. The molecule has 156 valence electrons. The average molecular weight is 410 g/mol. The van der Waals surface area contributed by atoms with Gasteiger partial charge in [-0.3, -0.25) is 0 Å². The summed E-state index contributed by atoms with van der Waals surface area (Å²) in [7, 11) is 0. The van der Waals surface area contributed by atoms with Gasteiger partial charge in [-0.25, -0.2) is 4.68 Å². The third-order valence-corrected chi connectivity index (χ3v) is 5.86. The van der Waals surface area contributed by atoms with Crippen molar-refractivity contribution in [3.05, 3.63) is 95.6 Å². The zero-order valence-corrected chi connectivity index (χ0v) is 17.8. The fraction of sp³-hybridized carbons (Fsp3) is 0.222. The molecule has 1 aliphatic rings. The summed E-state index contributed by atoms with van der Waals surface area (Å²) in [4.78, 5) is 0. The van der Waals surface area contributed by atoms with E-state index >= 15 is 0 Å². The molecule has 0 aliphatic carbocycles. The van der Waals surface area contributed by atoms with Crippen molar-refractivity contribution >= 4 is 5.82 Å². The number of hydrogen-bond donors (Lipinski definition) is 1. The molecule has 0 radical (unpaired) electrons. The van der Waals surface area contributed by atoms with E-state index in [0.29, 0.717) is 6.61 Å². The summed E-state index contributed by atoms with van der Waals surface area (Å²) in [6.07, 6.45) is 3.40. The summed E-state index contributed by atoms with van der Waals surface area (Å²) in [5.74, 6) is 1.98. The number of ether oxygens (including phenoxy) is 1. The Bertz CT molecular complexity index is 1160. The molecule has 0 spiro atoms. The van der Waals surface area contributed by atoms with E-state index in [-0.39, 0.29) is 0 Å². The highest BCUT2D eigenvalue weighted by Gasteiger charge is 2.22. The second-order valence-electron chi connectivity index (χ2n) is 8.05. The molecule has 31 heavy (non-hydrogen) atoms. The Morgan fingerprint density at radius 2 is 1.68 bits per heavy atom. The summed E-state index contributed by atoms with van der Waals surface area (Å²) in [5, 5.41) is 8.70. The van der Waals surface area contributed by atoms with Crippen molar-refractivity contribution in [2.45, 2.75) is 32.8 Å². The smallest absolute Gasteiger partial charge is 0.133 e. The second kappa shape index (κ2) is 8.68. The number of benzene rings is 3. The SMILES string of the molecule is Cc1ccccc1-c1nn(-c2ccc(OCc3ccccc3)cc2)c2c1CCCCN2. The van der Waals surface area contributed by atoms with E-state index in [4.69, 9.17) is 9.84 Å². The summed E-state index contributed by atoms with van der Waals surface area (Å²) in [6, 6.07) is 27.0. The van der Waals surface area contributed by atoms with Crippen LogP contribution < -0.4 is 10.1 Å². The van der Waals surface area contributed by atoms with Gasteiger partial charge in [0.05, 0.1) is 11.4 Å². The summed E-state index contributed by atoms with van der Waals surface area (Å²) in [6.45, 7) is 3.70. The third-order valence-electron chi connectivity index (χ3n) is 5.86. The zero-order valence-electron chi connectivity index (χ0n) is 17.8. The van der Waals surface area contributed by atoms with Crippen LogP contribution in [0.15, 0.2) is 78.9 Å². The first-order valence-electron chi connectivity index (χ1n) is 11.0. The maximum atomic E-state index is 5.96. The molecular formula is C27H27N3O. The molecule has 4 heteroatoms. The van der Waals surface area contributed by atoms with Crippen LogP contribution in [0.4, 0.5) is 5.82 Å². The molecule has 0 amide bonds. The molecular weight excluding hydrogens is 382 g/mol. The van der Waals surface area contributed by atoms with E-state index in [1.807, 2.05) is 30.3 Å². The minimum atomic E-state index is 0.566. The van der Waals surface area contributed by atoms with Crippen LogP contribution in [-0.2, 0) is 13.0 Å². The highest BCUT2D eigenvalue weighted by Crippen LogP contribution is 2.35. The lowest BCUT2D eigenvalue weighted by Gasteiger charge is -2.11. The number of hydrogen-bond acceptors (Lipinski definition) is 3. The van der Waals surface area contributed by atoms with Gasteiger partial charge < -0.3 is 10.1 Å². The highest BCUT2D eigenvalue weighted by molar-refractivity contribution is 5.73. The minimum absolute atomic E-state index is 0.566. The van der Waals surface area contributed by atoms with E-state index in [9.17, 15) is 0 Å². The van der Waals surface area contributed by atoms with E-state index in [1.165, 1.54) is 29.5 Å². The molecule has 1 aromatic heterocycles. The second-order valence-corrected chi connectivity index (χ2v) is 8.05. The third kappa shape index (κ3) is 4.06. The van der Waals surface area contributed by atoms with Gasteiger partial charge in [-0.1, -0.05) is 54.6 Å². The summed E-state index contributed by atoms with van der Waals surface area (Å²) < 4.78 is 8.02. The largest absolute Gasteiger partial charge is 0.489 e. The van der Waals surface area contributed by atoms with Crippen LogP contribution in [-0.4, -0.2) is 16.3 Å². The number of nitrogens with zero attached hydrogens (tertiary/aromatic N) is 2. The Kier molecular flexibility index (Phi) is 5.44. The molecule has 2 heterocycles. The number of nitrogens with one attached hydrogen (secondary N) is 1. The van der Waals surface area contributed by atoms with Crippen molar-refractivity contribution in [3.63, 3.8) is 0 Å². The molecule has 0 bridgehead atoms. The van der Waals surface area contributed by atoms with E-state index in [1.54, 1.807) is 0 Å². The number of aryl methyl sites for hydroxylation is 1. The number of rotatable bonds is 5. The van der Waals surface area contributed by atoms with Crippen molar-refractivity contribution in [2.24, 2.45) is 0 Å². The first kappa shape index (κ1) is 19.4.